The topological polar surface area (TPSA) is 60.5 Å². The van der Waals surface area contributed by atoms with E-state index in [1.807, 2.05) is 31.2 Å². The first kappa shape index (κ1) is 16.3. The van der Waals surface area contributed by atoms with Crippen LogP contribution in [0.15, 0.2) is 36.4 Å². The van der Waals surface area contributed by atoms with E-state index in [4.69, 9.17) is 9.47 Å². The molecule has 1 heterocycles. The molecule has 0 unspecified atom stereocenters. The lowest BCUT2D eigenvalue weighted by molar-refractivity contribution is -0.115. The molecule has 0 atom stereocenters. The highest BCUT2D eigenvalue weighted by atomic mass is 32.1. The van der Waals surface area contributed by atoms with Crippen LogP contribution in [0.2, 0.25) is 0 Å². The zero-order chi connectivity index (χ0) is 17.1. The number of aromatic nitrogens is 1. The summed E-state index contributed by atoms with van der Waals surface area (Å²) in [6, 6.07) is 11.5. The number of hydrogen-bond acceptors (Lipinski definition) is 5. The van der Waals surface area contributed by atoms with Crippen LogP contribution in [0, 0.1) is 6.92 Å². The van der Waals surface area contributed by atoms with Crippen molar-refractivity contribution in [2.45, 2.75) is 13.3 Å². The van der Waals surface area contributed by atoms with Gasteiger partial charge < -0.3 is 14.8 Å². The second-order valence-electron chi connectivity index (χ2n) is 5.35. The molecule has 0 radical (unpaired) electrons. The molecular weight excluding hydrogens is 324 g/mol. The van der Waals surface area contributed by atoms with Crippen LogP contribution >= 0.6 is 11.3 Å². The minimum Gasteiger partial charge on any atom is -0.493 e. The number of ether oxygens (including phenoxy) is 2. The SMILES string of the molecule is COc1ccc(CC(=O)Nc2nc3c(C)cccc3s2)cc1OC. The monoisotopic (exact) mass is 342 g/mol. The van der Waals surface area contributed by atoms with Gasteiger partial charge in [-0.2, -0.15) is 0 Å². The van der Waals surface area contributed by atoms with Crippen LogP contribution in [-0.4, -0.2) is 25.1 Å². The molecular formula is C18H18N2O3S. The van der Waals surface area contributed by atoms with Crippen LogP contribution in [0.5, 0.6) is 11.5 Å². The predicted molar refractivity (Wildman–Crippen MR) is 96.2 cm³/mol. The van der Waals surface area contributed by atoms with Crippen LogP contribution in [-0.2, 0) is 11.2 Å². The van der Waals surface area contributed by atoms with Gasteiger partial charge in [0, 0.05) is 0 Å². The molecule has 5 nitrogen and oxygen atoms in total. The minimum absolute atomic E-state index is 0.112. The third-order valence-electron chi connectivity index (χ3n) is 3.68. The zero-order valence-corrected chi connectivity index (χ0v) is 14.6. The Balaban J connectivity index is 1.74. The Morgan fingerprint density at radius 2 is 1.96 bits per heavy atom. The van der Waals surface area contributed by atoms with Crippen LogP contribution < -0.4 is 14.8 Å². The van der Waals surface area contributed by atoms with Gasteiger partial charge in [-0.05, 0) is 36.2 Å². The molecule has 0 spiro atoms. The second-order valence-corrected chi connectivity index (χ2v) is 6.39. The molecule has 0 aliphatic heterocycles. The largest absolute Gasteiger partial charge is 0.493 e. The van der Waals surface area contributed by atoms with Gasteiger partial charge in [-0.25, -0.2) is 4.98 Å². The van der Waals surface area contributed by atoms with Crippen LogP contribution in [0.4, 0.5) is 5.13 Å². The summed E-state index contributed by atoms with van der Waals surface area (Å²) >= 11 is 1.48. The van der Waals surface area contributed by atoms with E-state index < -0.39 is 0 Å². The third-order valence-corrected chi connectivity index (χ3v) is 4.62. The number of para-hydroxylation sites is 1. The molecule has 1 N–H and O–H groups in total. The Morgan fingerprint density at radius 3 is 2.67 bits per heavy atom. The summed E-state index contributed by atoms with van der Waals surface area (Å²) in [7, 11) is 3.16. The zero-order valence-electron chi connectivity index (χ0n) is 13.8. The van der Waals surface area contributed by atoms with Crippen molar-refractivity contribution < 1.29 is 14.3 Å². The van der Waals surface area contributed by atoms with Crippen molar-refractivity contribution >= 4 is 32.6 Å². The number of amides is 1. The van der Waals surface area contributed by atoms with E-state index in [-0.39, 0.29) is 12.3 Å². The first-order valence-corrected chi connectivity index (χ1v) is 8.29. The fraction of sp³-hybridized carbons (Fsp3) is 0.222. The molecule has 3 rings (SSSR count). The highest BCUT2D eigenvalue weighted by Gasteiger charge is 2.11. The van der Waals surface area contributed by atoms with Crippen molar-refractivity contribution in [3.8, 4) is 11.5 Å². The van der Waals surface area contributed by atoms with Gasteiger partial charge in [-0.3, -0.25) is 4.79 Å². The maximum absolute atomic E-state index is 12.3. The van der Waals surface area contributed by atoms with Crippen molar-refractivity contribution in [3.63, 3.8) is 0 Å². The van der Waals surface area contributed by atoms with Crippen molar-refractivity contribution in [1.82, 2.24) is 4.98 Å². The lowest BCUT2D eigenvalue weighted by Gasteiger charge is -2.09. The molecule has 6 heteroatoms. The average Bonchev–Trinajstić information content (AvgIpc) is 2.98. The Kier molecular flexibility index (Phi) is 4.66. The fourth-order valence-electron chi connectivity index (χ4n) is 2.48. The summed E-state index contributed by atoms with van der Waals surface area (Å²) in [5.41, 5.74) is 2.88. The van der Waals surface area contributed by atoms with Gasteiger partial charge >= 0.3 is 0 Å². The van der Waals surface area contributed by atoms with Crippen LogP contribution in [0.25, 0.3) is 10.2 Å². The molecule has 0 fully saturated rings. The van der Waals surface area contributed by atoms with Crippen molar-refractivity contribution in [2.24, 2.45) is 0 Å². The van der Waals surface area contributed by atoms with Gasteiger partial charge in [-0.1, -0.05) is 29.5 Å². The van der Waals surface area contributed by atoms with Crippen molar-refractivity contribution in [2.75, 3.05) is 19.5 Å². The molecule has 0 saturated carbocycles. The van der Waals surface area contributed by atoms with Gasteiger partial charge in [0.15, 0.2) is 16.6 Å². The van der Waals surface area contributed by atoms with Gasteiger partial charge in [0.25, 0.3) is 0 Å². The molecule has 1 amide bonds. The number of carbonyl (C=O) groups excluding carboxylic acids is 1. The number of fused-ring (bicyclic) bond motifs is 1. The van der Waals surface area contributed by atoms with Crippen molar-refractivity contribution in [3.05, 3.63) is 47.5 Å². The van der Waals surface area contributed by atoms with E-state index in [0.717, 1.165) is 21.3 Å². The lowest BCUT2D eigenvalue weighted by Crippen LogP contribution is -2.14. The number of anilines is 1. The summed E-state index contributed by atoms with van der Waals surface area (Å²) in [6.45, 7) is 2.01. The molecule has 3 aromatic rings. The number of nitrogens with one attached hydrogen (secondary N) is 1. The van der Waals surface area contributed by atoms with E-state index in [1.54, 1.807) is 26.4 Å². The first-order valence-electron chi connectivity index (χ1n) is 7.47. The normalized spacial score (nSPS) is 10.6. The molecule has 0 saturated heterocycles. The Labute approximate surface area is 144 Å². The highest BCUT2D eigenvalue weighted by molar-refractivity contribution is 7.22. The minimum atomic E-state index is -0.112. The van der Waals surface area contributed by atoms with E-state index in [1.165, 1.54) is 11.3 Å². The van der Waals surface area contributed by atoms with Crippen molar-refractivity contribution in [1.29, 1.82) is 0 Å². The Morgan fingerprint density at radius 1 is 1.17 bits per heavy atom. The van der Waals surface area contributed by atoms with Crippen LogP contribution in [0.1, 0.15) is 11.1 Å². The second kappa shape index (κ2) is 6.88. The number of nitrogens with zero attached hydrogens (tertiary/aromatic N) is 1. The predicted octanol–water partition coefficient (Wildman–Crippen LogP) is 3.80. The molecule has 0 aliphatic rings. The molecule has 0 aliphatic carbocycles. The number of rotatable bonds is 5. The maximum Gasteiger partial charge on any atom is 0.230 e. The van der Waals surface area contributed by atoms with Gasteiger partial charge in [-0.15, -0.1) is 0 Å². The number of methoxy groups -OCH3 is 2. The van der Waals surface area contributed by atoms with E-state index in [9.17, 15) is 4.79 Å². The lowest BCUT2D eigenvalue weighted by atomic mass is 10.1. The molecule has 24 heavy (non-hydrogen) atoms. The Hall–Kier alpha value is -2.60. The molecule has 0 bridgehead atoms. The molecule has 124 valence electrons. The smallest absolute Gasteiger partial charge is 0.230 e. The van der Waals surface area contributed by atoms with E-state index in [2.05, 4.69) is 10.3 Å². The first-order chi connectivity index (χ1) is 11.6. The molecule has 2 aromatic carbocycles. The highest BCUT2D eigenvalue weighted by Crippen LogP contribution is 2.29. The number of hydrogen-bond donors (Lipinski definition) is 1. The molecule has 1 aromatic heterocycles. The summed E-state index contributed by atoms with van der Waals surface area (Å²) in [4.78, 5) is 16.8. The van der Waals surface area contributed by atoms with Crippen LogP contribution in [0.3, 0.4) is 0 Å². The van der Waals surface area contributed by atoms with Gasteiger partial charge in [0.1, 0.15) is 0 Å². The summed E-state index contributed by atoms with van der Waals surface area (Å²) < 4.78 is 11.5. The quantitative estimate of drug-likeness (QED) is 0.766. The number of benzene rings is 2. The number of thiazole rings is 1. The standard InChI is InChI=1S/C18H18N2O3S/c1-11-5-4-6-15-17(11)20-18(24-15)19-16(21)10-12-7-8-13(22-2)14(9-12)23-3/h4-9H,10H2,1-3H3,(H,19,20,21). The summed E-state index contributed by atoms with van der Waals surface area (Å²) in [5, 5.41) is 3.49. The number of carbonyl (C=O) groups is 1. The Bertz CT molecular complexity index is 889. The summed E-state index contributed by atoms with van der Waals surface area (Å²) in [6.07, 6.45) is 0.245. The third kappa shape index (κ3) is 3.33. The van der Waals surface area contributed by atoms with E-state index in [0.29, 0.717) is 16.6 Å². The van der Waals surface area contributed by atoms with E-state index >= 15 is 0 Å². The average molecular weight is 342 g/mol. The van der Waals surface area contributed by atoms with Gasteiger partial charge in [0.05, 0.1) is 30.9 Å². The number of aryl methyl sites for hydroxylation is 1. The fourth-order valence-corrected chi connectivity index (χ4v) is 3.44. The maximum atomic E-state index is 12.3. The summed E-state index contributed by atoms with van der Waals surface area (Å²) in [5.74, 6) is 1.14. The van der Waals surface area contributed by atoms with Gasteiger partial charge in [0.2, 0.25) is 5.91 Å².